The van der Waals surface area contributed by atoms with Crippen molar-refractivity contribution < 1.29 is 4.79 Å². The van der Waals surface area contributed by atoms with Gasteiger partial charge in [0, 0.05) is 17.5 Å². The molecule has 1 aromatic rings. The zero-order valence-corrected chi connectivity index (χ0v) is 12.5. The Morgan fingerprint density at radius 1 is 1.44 bits per heavy atom. The van der Waals surface area contributed by atoms with Gasteiger partial charge in [0.15, 0.2) is 0 Å². The van der Waals surface area contributed by atoms with Gasteiger partial charge in [-0.1, -0.05) is 0 Å². The lowest BCUT2D eigenvalue weighted by molar-refractivity contribution is 0.0954. The number of hydrogen-bond donors (Lipinski definition) is 2. The minimum Gasteiger partial charge on any atom is -0.350 e. The van der Waals surface area contributed by atoms with E-state index >= 15 is 0 Å². The van der Waals surface area contributed by atoms with E-state index in [1.807, 2.05) is 7.05 Å². The fourth-order valence-corrected chi connectivity index (χ4v) is 3.21. The second kappa shape index (κ2) is 7.12. The highest BCUT2D eigenvalue weighted by molar-refractivity contribution is 7.14. The van der Waals surface area contributed by atoms with Crippen molar-refractivity contribution in [2.75, 3.05) is 13.6 Å². The van der Waals surface area contributed by atoms with E-state index < -0.39 is 0 Å². The smallest absolute Gasteiger partial charge is 0.261 e. The second-order valence-corrected chi connectivity index (χ2v) is 5.80. The van der Waals surface area contributed by atoms with Crippen LogP contribution in [0.1, 0.15) is 39.9 Å². The Morgan fingerprint density at radius 2 is 2.17 bits per heavy atom. The minimum absolute atomic E-state index is 0. The van der Waals surface area contributed by atoms with Gasteiger partial charge in [-0.3, -0.25) is 4.79 Å². The molecule has 18 heavy (non-hydrogen) atoms. The highest BCUT2D eigenvalue weighted by atomic mass is 35.5. The van der Waals surface area contributed by atoms with Crippen LogP contribution in [0.5, 0.6) is 0 Å². The van der Waals surface area contributed by atoms with E-state index in [9.17, 15) is 4.79 Å². The number of carbonyl (C=O) groups excluding carboxylic acids is 1. The van der Waals surface area contributed by atoms with E-state index in [4.69, 9.17) is 0 Å². The summed E-state index contributed by atoms with van der Waals surface area (Å²) < 4.78 is 0. The van der Waals surface area contributed by atoms with Gasteiger partial charge in [-0.2, -0.15) is 0 Å². The van der Waals surface area contributed by atoms with Crippen LogP contribution in [0.15, 0.2) is 6.07 Å². The molecule has 0 fully saturated rings. The molecular formula is C13H21ClN2OS. The van der Waals surface area contributed by atoms with Crippen LogP contribution in [0.25, 0.3) is 0 Å². The summed E-state index contributed by atoms with van der Waals surface area (Å²) in [6.07, 6.45) is 4.83. The fraction of sp³-hybridized carbons (Fsp3) is 0.615. The molecule has 0 aromatic carbocycles. The predicted octanol–water partition coefficient (Wildman–Crippen LogP) is 2.39. The Morgan fingerprint density at radius 3 is 2.83 bits per heavy atom. The van der Waals surface area contributed by atoms with Crippen LogP contribution < -0.4 is 10.6 Å². The Kier molecular flexibility index (Phi) is 6.12. The van der Waals surface area contributed by atoms with Gasteiger partial charge in [0.2, 0.25) is 0 Å². The zero-order valence-electron chi connectivity index (χ0n) is 10.9. The average Bonchev–Trinajstić information content (AvgIpc) is 2.79. The Labute approximate surface area is 119 Å². The molecule has 5 heteroatoms. The molecule has 2 rings (SSSR count). The maximum absolute atomic E-state index is 12.0. The standard InChI is InChI=1S/C13H20N2OS.ClH/c1-9(14-2)8-15-13(16)12-7-10-5-3-4-6-11(10)17-12;/h7,9,14H,3-6,8H2,1-2H3,(H,15,16);1H. The van der Waals surface area contributed by atoms with Crippen LogP contribution in [0.2, 0.25) is 0 Å². The van der Waals surface area contributed by atoms with Crippen molar-refractivity contribution in [1.82, 2.24) is 10.6 Å². The first-order valence-corrected chi connectivity index (χ1v) is 7.09. The Balaban J connectivity index is 0.00000162. The number of thiophene rings is 1. The third-order valence-electron chi connectivity index (χ3n) is 3.28. The van der Waals surface area contributed by atoms with Crippen LogP contribution in [0.3, 0.4) is 0 Å². The summed E-state index contributed by atoms with van der Waals surface area (Å²) >= 11 is 1.67. The monoisotopic (exact) mass is 288 g/mol. The van der Waals surface area contributed by atoms with Crippen molar-refractivity contribution in [3.63, 3.8) is 0 Å². The average molecular weight is 289 g/mol. The minimum atomic E-state index is 0. The molecule has 3 nitrogen and oxygen atoms in total. The normalized spacial score (nSPS) is 15.4. The van der Waals surface area contributed by atoms with Gasteiger partial charge in [0.25, 0.3) is 5.91 Å². The third kappa shape index (κ3) is 3.70. The maximum Gasteiger partial charge on any atom is 0.261 e. The van der Waals surface area contributed by atoms with Crippen molar-refractivity contribution in [2.45, 2.75) is 38.6 Å². The fourth-order valence-electron chi connectivity index (χ4n) is 2.04. The molecule has 0 saturated carbocycles. The summed E-state index contributed by atoms with van der Waals surface area (Å²) in [4.78, 5) is 14.2. The molecule has 0 spiro atoms. The molecule has 1 aliphatic carbocycles. The van der Waals surface area contributed by atoms with E-state index in [1.54, 1.807) is 11.3 Å². The largest absolute Gasteiger partial charge is 0.350 e. The molecule has 0 radical (unpaired) electrons. The molecule has 102 valence electrons. The molecule has 0 saturated heterocycles. The van der Waals surface area contributed by atoms with E-state index in [0.29, 0.717) is 12.6 Å². The molecule has 0 bridgehead atoms. The van der Waals surface area contributed by atoms with Crippen LogP contribution in [0.4, 0.5) is 0 Å². The summed E-state index contributed by atoms with van der Waals surface area (Å²) in [7, 11) is 1.90. The molecule has 1 aliphatic rings. The molecule has 1 aromatic heterocycles. The first-order valence-electron chi connectivity index (χ1n) is 6.27. The van der Waals surface area contributed by atoms with Crippen molar-refractivity contribution in [2.24, 2.45) is 0 Å². The third-order valence-corrected chi connectivity index (χ3v) is 4.52. The van der Waals surface area contributed by atoms with Gasteiger partial charge >= 0.3 is 0 Å². The number of fused-ring (bicyclic) bond motifs is 1. The molecule has 2 N–H and O–H groups in total. The van der Waals surface area contributed by atoms with Crippen LogP contribution in [-0.4, -0.2) is 25.5 Å². The van der Waals surface area contributed by atoms with Gasteiger partial charge in [-0.05, 0) is 51.3 Å². The lowest BCUT2D eigenvalue weighted by atomic mass is 9.99. The molecule has 1 heterocycles. The van der Waals surface area contributed by atoms with Crippen molar-refractivity contribution in [1.29, 1.82) is 0 Å². The van der Waals surface area contributed by atoms with Gasteiger partial charge in [0.1, 0.15) is 0 Å². The number of amides is 1. The predicted molar refractivity (Wildman–Crippen MR) is 79.1 cm³/mol. The molecular weight excluding hydrogens is 268 g/mol. The SMILES string of the molecule is CNC(C)CNC(=O)c1cc2c(s1)CCCC2.Cl. The number of hydrogen-bond acceptors (Lipinski definition) is 3. The quantitative estimate of drug-likeness (QED) is 0.893. The van der Waals surface area contributed by atoms with Gasteiger partial charge < -0.3 is 10.6 Å². The van der Waals surface area contributed by atoms with Crippen molar-refractivity contribution in [3.8, 4) is 0 Å². The van der Waals surface area contributed by atoms with E-state index in [2.05, 4.69) is 23.6 Å². The number of likely N-dealkylation sites (N-methyl/N-ethyl adjacent to an activating group) is 1. The lowest BCUT2D eigenvalue weighted by Crippen LogP contribution is -2.36. The second-order valence-electron chi connectivity index (χ2n) is 4.67. The number of carbonyl (C=O) groups is 1. The summed E-state index contributed by atoms with van der Waals surface area (Å²) in [5.41, 5.74) is 1.40. The van der Waals surface area contributed by atoms with Crippen LogP contribution >= 0.6 is 23.7 Å². The summed E-state index contributed by atoms with van der Waals surface area (Å²) in [5.74, 6) is 0.0755. The van der Waals surface area contributed by atoms with Gasteiger partial charge in [0.05, 0.1) is 4.88 Å². The molecule has 0 aliphatic heterocycles. The van der Waals surface area contributed by atoms with Gasteiger partial charge in [-0.15, -0.1) is 23.7 Å². The molecule has 1 amide bonds. The zero-order chi connectivity index (χ0) is 12.3. The summed E-state index contributed by atoms with van der Waals surface area (Å²) in [5, 5.41) is 6.08. The highest BCUT2D eigenvalue weighted by Crippen LogP contribution is 2.29. The first kappa shape index (κ1) is 15.5. The topological polar surface area (TPSA) is 41.1 Å². The van der Waals surface area contributed by atoms with E-state index in [0.717, 1.165) is 17.7 Å². The first-order chi connectivity index (χ1) is 8.20. The van der Waals surface area contributed by atoms with Crippen LogP contribution in [0, 0.1) is 0 Å². The summed E-state index contributed by atoms with van der Waals surface area (Å²) in [6.45, 7) is 2.73. The lowest BCUT2D eigenvalue weighted by Gasteiger charge is -2.10. The number of aryl methyl sites for hydroxylation is 2. The number of nitrogens with one attached hydrogen (secondary N) is 2. The summed E-state index contributed by atoms with van der Waals surface area (Å²) in [6, 6.07) is 2.40. The number of rotatable bonds is 4. The van der Waals surface area contributed by atoms with Gasteiger partial charge in [-0.25, -0.2) is 0 Å². The Hall–Kier alpha value is -0.580. The van der Waals surface area contributed by atoms with Crippen LogP contribution in [-0.2, 0) is 12.8 Å². The Bertz CT molecular complexity index is 382. The van der Waals surface area contributed by atoms with E-state index in [1.165, 1.54) is 23.3 Å². The molecule has 1 unspecified atom stereocenters. The van der Waals surface area contributed by atoms with Crippen molar-refractivity contribution in [3.05, 3.63) is 21.4 Å². The molecule has 1 atom stereocenters. The van der Waals surface area contributed by atoms with E-state index in [-0.39, 0.29) is 18.3 Å². The number of halogens is 1. The maximum atomic E-state index is 12.0. The van der Waals surface area contributed by atoms with Crippen molar-refractivity contribution >= 4 is 29.7 Å². The highest BCUT2D eigenvalue weighted by Gasteiger charge is 2.17.